The van der Waals surface area contributed by atoms with Crippen molar-refractivity contribution in [2.24, 2.45) is 0 Å². The number of hydrogen-bond acceptors (Lipinski definition) is 2. The van der Waals surface area contributed by atoms with Crippen LogP contribution in [0.1, 0.15) is 29.3 Å². The number of carbonyl (C=O) groups excluding carboxylic acids is 1. The van der Waals surface area contributed by atoms with E-state index in [9.17, 15) is 9.18 Å². The fraction of sp³-hybridized carbons (Fsp3) is 0.500. The van der Waals surface area contributed by atoms with Crippen LogP contribution >= 0.6 is 11.8 Å². The zero-order valence-corrected chi connectivity index (χ0v) is 12.2. The van der Waals surface area contributed by atoms with Crippen LogP contribution in [0.3, 0.4) is 0 Å². The molecule has 0 fully saturated rings. The molecule has 0 spiro atoms. The Morgan fingerprint density at radius 2 is 2.17 bits per heavy atom. The van der Waals surface area contributed by atoms with Crippen LogP contribution in [0.4, 0.5) is 4.39 Å². The minimum absolute atomic E-state index is 0.0426. The molecule has 1 atom stereocenters. The molecular formula is C14H20FNOS. The van der Waals surface area contributed by atoms with Crippen molar-refractivity contribution in [1.82, 2.24) is 4.90 Å². The molecule has 1 aromatic carbocycles. The van der Waals surface area contributed by atoms with E-state index >= 15 is 0 Å². The Morgan fingerprint density at radius 1 is 1.50 bits per heavy atom. The van der Waals surface area contributed by atoms with Gasteiger partial charge in [0.15, 0.2) is 0 Å². The molecule has 1 amide bonds. The number of thioether (sulfide) groups is 1. The van der Waals surface area contributed by atoms with Gasteiger partial charge in [0, 0.05) is 24.4 Å². The summed E-state index contributed by atoms with van der Waals surface area (Å²) in [7, 11) is 1.81. The van der Waals surface area contributed by atoms with Crippen molar-refractivity contribution >= 4 is 17.7 Å². The fourth-order valence-electron chi connectivity index (χ4n) is 1.84. The number of carbonyl (C=O) groups is 1. The summed E-state index contributed by atoms with van der Waals surface area (Å²) >= 11 is 1.73. The normalized spacial score (nSPS) is 12.3. The Hall–Kier alpha value is -1.03. The maximum absolute atomic E-state index is 13.2. The fourth-order valence-corrected chi connectivity index (χ4v) is 2.69. The summed E-state index contributed by atoms with van der Waals surface area (Å²) in [6.07, 6.45) is 2.95. The van der Waals surface area contributed by atoms with Crippen LogP contribution in [-0.2, 0) is 0 Å². The molecule has 2 nitrogen and oxygen atoms in total. The first kappa shape index (κ1) is 15.0. The lowest BCUT2D eigenvalue weighted by Crippen LogP contribution is -2.38. The number of benzene rings is 1. The molecule has 0 heterocycles. The van der Waals surface area contributed by atoms with Gasteiger partial charge in [-0.25, -0.2) is 4.39 Å². The van der Waals surface area contributed by atoms with Crippen LogP contribution in [0, 0.1) is 12.7 Å². The molecule has 4 heteroatoms. The Labute approximate surface area is 113 Å². The highest BCUT2D eigenvalue weighted by Gasteiger charge is 2.19. The summed E-state index contributed by atoms with van der Waals surface area (Å²) < 4.78 is 13.2. The van der Waals surface area contributed by atoms with Crippen molar-refractivity contribution in [2.45, 2.75) is 26.3 Å². The molecule has 0 aliphatic carbocycles. The number of amides is 1. The molecule has 0 N–H and O–H groups in total. The van der Waals surface area contributed by atoms with Crippen molar-refractivity contribution in [3.63, 3.8) is 0 Å². The standard InChI is InChI=1S/C14H20FNOS/c1-5-12(9-18-4)16(3)14(17)11-6-7-13(15)10(2)8-11/h6-8,12H,5,9H2,1-4H3. The van der Waals surface area contributed by atoms with Gasteiger partial charge in [-0.2, -0.15) is 11.8 Å². The monoisotopic (exact) mass is 269 g/mol. The van der Waals surface area contributed by atoms with E-state index in [0.717, 1.165) is 12.2 Å². The lowest BCUT2D eigenvalue weighted by atomic mass is 10.1. The largest absolute Gasteiger partial charge is 0.338 e. The summed E-state index contributed by atoms with van der Waals surface area (Å²) in [5.74, 6) is 0.600. The zero-order chi connectivity index (χ0) is 13.7. The summed E-state index contributed by atoms with van der Waals surface area (Å²) in [4.78, 5) is 14.0. The van der Waals surface area contributed by atoms with E-state index < -0.39 is 0 Å². The number of hydrogen-bond donors (Lipinski definition) is 0. The molecule has 18 heavy (non-hydrogen) atoms. The Kier molecular flexibility index (Phi) is 5.66. The van der Waals surface area contributed by atoms with Gasteiger partial charge < -0.3 is 4.90 Å². The van der Waals surface area contributed by atoms with Crippen molar-refractivity contribution in [3.8, 4) is 0 Å². The Morgan fingerprint density at radius 3 is 2.67 bits per heavy atom. The molecule has 0 aliphatic heterocycles. The smallest absolute Gasteiger partial charge is 0.253 e. The number of nitrogens with zero attached hydrogens (tertiary/aromatic N) is 1. The molecular weight excluding hydrogens is 249 g/mol. The molecule has 1 rings (SSSR count). The first-order valence-electron chi connectivity index (χ1n) is 6.03. The van der Waals surface area contributed by atoms with E-state index in [1.165, 1.54) is 6.07 Å². The molecule has 0 saturated carbocycles. The SMILES string of the molecule is CCC(CSC)N(C)C(=O)c1ccc(F)c(C)c1. The van der Waals surface area contributed by atoms with Gasteiger partial charge in [-0.15, -0.1) is 0 Å². The van der Waals surface area contributed by atoms with Crippen LogP contribution in [0.5, 0.6) is 0 Å². The third-order valence-corrected chi connectivity index (χ3v) is 3.82. The molecule has 0 aliphatic rings. The van der Waals surface area contributed by atoms with Gasteiger partial charge in [0.2, 0.25) is 0 Å². The lowest BCUT2D eigenvalue weighted by Gasteiger charge is -2.27. The van der Waals surface area contributed by atoms with Crippen molar-refractivity contribution in [3.05, 3.63) is 35.1 Å². The third kappa shape index (κ3) is 3.48. The Bertz CT molecular complexity index is 422. The summed E-state index contributed by atoms with van der Waals surface area (Å²) in [5.41, 5.74) is 1.06. The molecule has 1 unspecified atom stereocenters. The van der Waals surface area contributed by atoms with Gasteiger partial charge >= 0.3 is 0 Å². The average molecular weight is 269 g/mol. The van der Waals surface area contributed by atoms with Crippen LogP contribution in [0.2, 0.25) is 0 Å². The van der Waals surface area contributed by atoms with Crippen LogP contribution in [0.25, 0.3) is 0 Å². The van der Waals surface area contributed by atoms with Gasteiger partial charge in [0.25, 0.3) is 5.91 Å². The van der Waals surface area contributed by atoms with E-state index in [-0.39, 0.29) is 17.8 Å². The molecule has 0 radical (unpaired) electrons. The van der Waals surface area contributed by atoms with Crippen LogP contribution < -0.4 is 0 Å². The van der Waals surface area contributed by atoms with Gasteiger partial charge in [-0.1, -0.05) is 6.92 Å². The summed E-state index contributed by atoms with van der Waals surface area (Å²) in [6, 6.07) is 4.73. The molecule has 100 valence electrons. The third-order valence-electron chi connectivity index (χ3n) is 3.10. The topological polar surface area (TPSA) is 20.3 Å². The summed E-state index contributed by atoms with van der Waals surface area (Å²) in [5, 5.41) is 0. The molecule has 0 aromatic heterocycles. The van der Waals surface area contributed by atoms with E-state index in [0.29, 0.717) is 11.1 Å². The quantitative estimate of drug-likeness (QED) is 0.817. The van der Waals surface area contributed by atoms with Crippen molar-refractivity contribution in [2.75, 3.05) is 19.1 Å². The first-order valence-corrected chi connectivity index (χ1v) is 7.42. The van der Waals surface area contributed by atoms with Crippen LogP contribution in [0.15, 0.2) is 18.2 Å². The molecule has 1 aromatic rings. The highest BCUT2D eigenvalue weighted by Crippen LogP contribution is 2.15. The molecule has 0 bridgehead atoms. The number of rotatable bonds is 5. The van der Waals surface area contributed by atoms with Crippen molar-refractivity contribution in [1.29, 1.82) is 0 Å². The van der Waals surface area contributed by atoms with Gasteiger partial charge in [-0.05, 0) is 43.4 Å². The molecule has 0 saturated heterocycles. The number of halogens is 1. The zero-order valence-electron chi connectivity index (χ0n) is 11.4. The lowest BCUT2D eigenvalue weighted by molar-refractivity contribution is 0.0743. The second kappa shape index (κ2) is 6.78. The predicted octanol–water partition coefficient (Wildman–Crippen LogP) is 3.35. The maximum Gasteiger partial charge on any atom is 0.253 e. The Balaban J connectivity index is 2.88. The van der Waals surface area contributed by atoms with Gasteiger partial charge in [-0.3, -0.25) is 4.79 Å². The predicted molar refractivity (Wildman–Crippen MR) is 75.7 cm³/mol. The van der Waals surface area contributed by atoms with E-state index in [1.54, 1.807) is 35.7 Å². The van der Waals surface area contributed by atoms with Gasteiger partial charge in [0.05, 0.1) is 0 Å². The second-order valence-corrected chi connectivity index (χ2v) is 5.31. The highest BCUT2D eigenvalue weighted by molar-refractivity contribution is 7.98. The minimum atomic E-state index is -0.273. The summed E-state index contributed by atoms with van der Waals surface area (Å²) in [6.45, 7) is 3.74. The number of aryl methyl sites for hydroxylation is 1. The van der Waals surface area contributed by atoms with E-state index in [2.05, 4.69) is 6.92 Å². The average Bonchev–Trinajstić information content (AvgIpc) is 2.37. The minimum Gasteiger partial charge on any atom is -0.338 e. The first-order chi connectivity index (χ1) is 8.51. The van der Waals surface area contributed by atoms with E-state index in [4.69, 9.17) is 0 Å². The van der Waals surface area contributed by atoms with Crippen LogP contribution in [-0.4, -0.2) is 35.9 Å². The maximum atomic E-state index is 13.2. The highest BCUT2D eigenvalue weighted by atomic mass is 32.2. The van der Waals surface area contributed by atoms with E-state index in [1.807, 2.05) is 13.3 Å². The second-order valence-electron chi connectivity index (χ2n) is 4.40. The van der Waals surface area contributed by atoms with Crippen molar-refractivity contribution < 1.29 is 9.18 Å². The van der Waals surface area contributed by atoms with Gasteiger partial charge in [0.1, 0.15) is 5.82 Å².